The van der Waals surface area contributed by atoms with Gasteiger partial charge in [0.2, 0.25) is 0 Å². The number of carbonyl (C=O) groups is 1. The average molecular weight is 206 g/mol. The summed E-state index contributed by atoms with van der Waals surface area (Å²) in [5.41, 5.74) is 1.76. The molecule has 2 rings (SSSR count). The van der Waals surface area contributed by atoms with E-state index in [1.54, 1.807) is 4.90 Å². The third-order valence-corrected chi connectivity index (χ3v) is 2.51. The predicted octanol–water partition coefficient (Wildman–Crippen LogP) is 1.47. The Balaban J connectivity index is 2.50. The van der Waals surface area contributed by atoms with Crippen LogP contribution in [0.3, 0.4) is 0 Å². The van der Waals surface area contributed by atoms with Crippen molar-refractivity contribution < 1.29 is 9.53 Å². The molecule has 15 heavy (non-hydrogen) atoms. The molecule has 0 aromatic heterocycles. The summed E-state index contributed by atoms with van der Waals surface area (Å²) in [5.74, 6) is 0.778. The molecule has 1 amide bonds. The summed E-state index contributed by atoms with van der Waals surface area (Å²) < 4.78 is 5.44. The zero-order chi connectivity index (χ0) is 10.8. The van der Waals surface area contributed by atoms with E-state index in [0.717, 1.165) is 17.1 Å². The van der Waals surface area contributed by atoms with Crippen molar-refractivity contribution in [3.05, 3.63) is 18.2 Å². The predicted molar refractivity (Wildman–Crippen MR) is 59.5 cm³/mol. The van der Waals surface area contributed by atoms with Crippen LogP contribution >= 0.6 is 0 Å². The Morgan fingerprint density at radius 3 is 3.00 bits per heavy atom. The molecule has 0 fully saturated rings. The van der Waals surface area contributed by atoms with Gasteiger partial charge in [0.1, 0.15) is 0 Å². The highest BCUT2D eigenvalue weighted by Crippen LogP contribution is 2.38. The molecule has 4 nitrogen and oxygen atoms in total. The van der Waals surface area contributed by atoms with Crippen LogP contribution in [0.1, 0.15) is 6.92 Å². The molecule has 1 aliphatic heterocycles. The van der Waals surface area contributed by atoms with Crippen molar-refractivity contribution in [3.63, 3.8) is 0 Å². The first-order valence-corrected chi connectivity index (χ1v) is 5.02. The van der Waals surface area contributed by atoms with Crippen LogP contribution in [-0.2, 0) is 4.79 Å². The maximum absolute atomic E-state index is 11.6. The minimum absolute atomic E-state index is 0.0123. The standard InChI is InChI=1S/C11H14N2O2/c1-3-13-9-6-4-5-8(12-2)11(9)15-7-10(13)14/h4-6,12H,3,7H2,1-2H3. The zero-order valence-corrected chi connectivity index (χ0v) is 8.91. The number of anilines is 2. The first-order chi connectivity index (χ1) is 7.27. The fourth-order valence-corrected chi connectivity index (χ4v) is 1.78. The molecular weight excluding hydrogens is 192 g/mol. The molecule has 0 radical (unpaired) electrons. The molecule has 0 saturated heterocycles. The lowest BCUT2D eigenvalue weighted by Crippen LogP contribution is -2.38. The molecule has 1 aromatic rings. The summed E-state index contributed by atoms with van der Waals surface area (Å²) in [4.78, 5) is 13.3. The van der Waals surface area contributed by atoms with Crippen LogP contribution in [0.2, 0.25) is 0 Å². The molecule has 0 unspecified atom stereocenters. The Bertz CT molecular complexity index is 390. The van der Waals surface area contributed by atoms with Gasteiger partial charge in [0, 0.05) is 13.6 Å². The summed E-state index contributed by atoms with van der Waals surface area (Å²) in [7, 11) is 1.84. The Labute approximate surface area is 88.8 Å². The van der Waals surface area contributed by atoms with E-state index in [1.165, 1.54) is 0 Å². The maximum atomic E-state index is 11.6. The van der Waals surface area contributed by atoms with E-state index in [1.807, 2.05) is 32.2 Å². The normalized spacial score (nSPS) is 14.5. The van der Waals surface area contributed by atoms with Gasteiger partial charge >= 0.3 is 0 Å². The molecule has 1 aliphatic rings. The summed E-state index contributed by atoms with van der Waals surface area (Å²) in [6.45, 7) is 2.75. The van der Waals surface area contributed by atoms with Crippen LogP contribution < -0.4 is 15.0 Å². The number of rotatable bonds is 2. The molecule has 0 bridgehead atoms. The highest BCUT2D eigenvalue weighted by molar-refractivity contribution is 5.99. The van der Waals surface area contributed by atoms with Gasteiger partial charge in [0.15, 0.2) is 12.4 Å². The lowest BCUT2D eigenvalue weighted by molar-refractivity contribution is -0.121. The third kappa shape index (κ3) is 1.52. The van der Waals surface area contributed by atoms with Gasteiger partial charge < -0.3 is 15.0 Å². The second-order valence-electron chi connectivity index (χ2n) is 3.33. The minimum Gasteiger partial charge on any atom is -0.479 e. The number of likely N-dealkylation sites (N-methyl/N-ethyl adjacent to an activating group) is 1. The number of benzene rings is 1. The topological polar surface area (TPSA) is 41.6 Å². The van der Waals surface area contributed by atoms with E-state index in [9.17, 15) is 4.79 Å². The quantitative estimate of drug-likeness (QED) is 0.796. The van der Waals surface area contributed by atoms with Crippen molar-refractivity contribution in [2.45, 2.75) is 6.92 Å². The molecular formula is C11H14N2O2. The molecule has 0 spiro atoms. The average Bonchev–Trinajstić information content (AvgIpc) is 2.28. The molecule has 0 saturated carbocycles. The Morgan fingerprint density at radius 2 is 2.33 bits per heavy atom. The number of nitrogens with zero attached hydrogens (tertiary/aromatic N) is 1. The van der Waals surface area contributed by atoms with Crippen LogP contribution in [0.5, 0.6) is 5.75 Å². The molecule has 80 valence electrons. The minimum atomic E-state index is 0.0123. The third-order valence-electron chi connectivity index (χ3n) is 2.51. The number of carbonyl (C=O) groups excluding carboxylic acids is 1. The SMILES string of the molecule is CCN1C(=O)COc2c(NC)cccc21. The molecule has 1 aromatic carbocycles. The van der Waals surface area contributed by atoms with Crippen LogP contribution in [0, 0.1) is 0 Å². The van der Waals surface area contributed by atoms with E-state index in [-0.39, 0.29) is 12.5 Å². The largest absolute Gasteiger partial charge is 0.479 e. The van der Waals surface area contributed by atoms with Gasteiger partial charge in [-0.3, -0.25) is 4.79 Å². The number of hydrogen-bond acceptors (Lipinski definition) is 3. The Morgan fingerprint density at radius 1 is 1.53 bits per heavy atom. The number of ether oxygens (including phenoxy) is 1. The van der Waals surface area contributed by atoms with E-state index in [2.05, 4.69) is 5.32 Å². The van der Waals surface area contributed by atoms with Crippen molar-refractivity contribution in [3.8, 4) is 5.75 Å². The first-order valence-electron chi connectivity index (χ1n) is 5.02. The van der Waals surface area contributed by atoms with Gasteiger partial charge in [0.25, 0.3) is 5.91 Å². The molecule has 0 atom stereocenters. The molecule has 4 heteroatoms. The second-order valence-corrected chi connectivity index (χ2v) is 3.33. The van der Waals surface area contributed by atoms with Gasteiger partial charge in [-0.25, -0.2) is 0 Å². The second kappa shape index (κ2) is 3.81. The van der Waals surface area contributed by atoms with Gasteiger partial charge in [-0.15, -0.1) is 0 Å². The van der Waals surface area contributed by atoms with E-state index in [0.29, 0.717) is 6.54 Å². The number of amides is 1. The first kappa shape index (κ1) is 9.83. The summed E-state index contributed by atoms with van der Waals surface area (Å²) in [6.07, 6.45) is 0. The molecule has 1 N–H and O–H groups in total. The zero-order valence-electron chi connectivity index (χ0n) is 8.91. The van der Waals surface area contributed by atoms with Gasteiger partial charge in [0.05, 0.1) is 11.4 Å². The van der Waals surface area contributed by atoms with Crippen LogP contribution in [0.15, 0.2) is 18.2 Å². The highest BCUT2D eigenvalue weighted by Gasteiger charge is 2.25. The number of hydrogen-bond donors (Lipinski definition) is 1. The summed E-state index contributed by atoms with van der Waals surface area (Å²) >= 11 is 0. The van der Waals surface area contributed by atoms with Gasteiger partial charge in [-0.2, -0.15) is 0 Å². The van der Waals surface area contributed by atoms with Gasteiger partial charge in [-0.05, 0) is 19.1 Å². The van der Waals surface area contributed by atoms with Crippen LogP contribution in [0.25, 0.3) is 0 Å². The monoisotopic (exact) mass is 206 g/mol. The van der Waals surface area contributed by atoms with E-state index in [4.69, 9.17) is 4.74 Å². The fourth-order valence-electron chi connectivity index (χ4n) is 1.78. The smallest absolute Gasteiger partial charge is 0.265 e. The summed E-state index contributed by atoms with van der Waals surface area (Å²) in [5, 5.41) is 3.05. The molecule has 0 aliphatic carbocycles. The lowest BCUT2D eigenvalue weighted by Gasteiger charge is -2.29. The van der Waals surface area contributed by atoms with Crippen molar-refractivity contribution >= 4 is 17.3 Å². The number of nitrogens with one attached hydrogen (secondary N) is 1. The fraction of sp³-hybridized carbons (Fsp3) is 0.364. The van der Waals surface area contributed by atoms with E-state index >= 15 is 0 Å². The van der Waals surface area contributed by atoms with Crippen molar-refractivity contribution in [2.75, 3.05) is 30.4 Å². The molecule has 1 heterocycles. The van der Waals surface area contributed by atoms with Gasteiger partial charge in [-0.1, -0.05) is 6.07 Å². The number of fused-ring (bicyclic) bond motifs is 1. The van der Waals surface area contributed by atoms with Crippen molar-refractivity contribution in [1.29, 1.82) is 0 Å². The maximum Gasteiger partial charge on any atom is 0.265 e. The van der Waals surface area contributed by atoms with E-state index < -0.39 is 0 Å². The van der Waals surface area contributed by atoms with Crippen LogP contribution in [0.4, 0.5) is 11.4 Å². The summed E-state index contributed by atoms with van der Waals surface area (Å²) in [6, 6.07) is 5.74. The Kier molecular flexibility index (Phi) is 2.49. The Hall–Kier alpha value is -1.71. The number of para-hydroxylation sites is 1. The van der Waals surface area contributed by atoms with Crippen molar-refractivity contribution in [1.82, 2.24) is 0 Å². The van der Waals surface area contributed by atoms with Crippen LogP contribution in [-0.4, -0.2) is 26.1 Å². The lowest BCUT2D eigenvalue weighted by atomic mass is 10.2. The highest BCUT2D eigenvalue weighted by atomic mass is 16.5. The van der Waals surface area contributed by atoms with Crippen molar-refractivity contribution in [2.24, 2.45) is 0 Å².